The molecule has 0 unspecified atom stereocenters. The van der Waals surface area contributed by atoms with Gasteiger partial charge >= 0.3 is 5.97 Å². The molecule has 0 heterocycles. The van der Waals surface area contributed by atoms with Crippen LogP contribution < -0.4 is 5.32 Å². The lowest BCUT2D eigenvalue weighted by Gasteiger charge is -2.16. The van der Waals surface area contributed by atoms with Gasteiger partial charge in [0.15, 0.2) is 0 Å². The Labute approximate surface area is 79.3 Å². The summed E-state index contributed by atoms with van der Waals surface area (Å²) < 4.78 is 4.71. The number of hydrogen-bond donors (Lipinski definition) is 2. The lowest BCUT2D eigenvalue weighted by atomic mass is 10.1. The number of rotatable bonds is 6. The van der Waals surface area contributed by atoms with Gasteiger partial charge in [-0.3, -0.25) is 4.79 Å². The Balaban J connectivity index is 3.31. The van der Waals surface area contributed by atoms with Crippen molar-refractivity contribution in [2.75, 3.05) is 19.7 Å². The van der Waals surface area contributed by atoms with Gasteiger partial charge in [-0.05, 0) is 33.7 Å². The fraction of sp³-hybridized carbons (Fsp3) is 0.889. The molecule has 0 atom stereocenters. The van der Waals surface area contributed by atoms with Crippen molar-refractivity contribution >= 4 is 5.97 Å². The quantitative estimate of drug-likeness (QED) is 0.466. The van der Waals surface area contributed by atoms with Crippen LogP contribution in [-0.2, 0) is 9.53 Å². The van der Waals surface area contributed by atoms with Crippen molar-refractivity contribution in [1.82, 2.24) is 5.32 Å². The summed E-state index contributed by atoms with van der Waals surface area (Å²) >= 11 is 0. The smallest absolute Gasteiger partial charge is 0.319 e. The summed E-state index contributed by atoms with van der Waals surface area (Å²) in [6.45, 7) is 6.48. The maximum Gasteiger partial charge on any atom is 0.319 e. The van der Waals surface area contributed by atoms with E-state index >= 15 is 0 Å². The molecule has 4 nitrogen and oxygen atoms in total. The SMILES string of the molecule is CCOC(=O)CNCCC(C)(C)O. The molecule has 0 radical (unpaired) electrons. The van der Waals surface area contributed by atoms with Gasteiger partial charge in [0.25, 0.3) is 0 Å². The van der Waals surface area contributed by atoms with Crippen molar-refractivity contribution in [3.05, 3.63) is 0 Å². The molecule has 0 fully saturated rings. The lowest BCUT2D eigenvalue weighted by molar-refractivity contribution is -0.142. The highest BCUT2D eigenvalue weighted by atomic mass is 16.5. The fourth-order valence-corrected chi connectivity index (χ4v) is 0.797. The molecule has 0 aliphatic carbocycles. The van der Waals surface area contributed by atoms with Crippen molar-refractivity contribution in [3.8, 4) is 0 Å². The molecule has 0 amide bonds. The maximum absolute atomic E-state index is 10.8. The van der Waals surface area contributed by atoms with Gasteiger partial charge in [-0.1, -0.05) is 0 Å². The van der Waals surface area contributed by atoms with Crippen LogP contribution in [0.1, 0.15) is 27.2 Å². The summed E-state index contributed by atoms with van der Waals surface area (Å²) in [5, 5.41) is 12.2. The normalized spacial score (nSPS) is 11.4. The lowest BCUT2D eigenvalue weighted by Crippen LogP contribution is -2.30. The molecule has 0 bridgehead atoms. The van der Waals surface area contributed by atoms with Gasteiger partial charge in [0.05, 0.1) is 18.8 Å². The highest BCUT2D eigenvalue weighted by Gasteiger charge is 2.11. The Bertz CT molecular complexity index is 151. The Kier molecular flexibility index (Phi) is 5.66. The van der Waals surface area contributed by atoms with E-state index in [9.17, 15) is 9.90 Å². The van der Waals surface area contributed by atoms with Gasteiger partial charge in [-0.15, -0.1) is 0 Å². The molecular weight excluding hydrogens is 170 g/mol. The number of esters is 1. The first-order valence-corrected chi connectivity index (χ1v) is 4.54. The molecule has 13 heavy (non-hydrogen) atoms. The van der Waals surface area contributed by atoms with Crippen LogP contribution in [0.15, 0.2) is 0 Å². The molecular formula is C9H19NO3. The third-order valence-corrected chi connectivity index (χ3v) is 1.49. The van der Waals surface area contributed by atoms with Crippen LogP contribution in [0.25, 0.3) is 0 Å². The average molecular weight is 189 g/mol. The second-order valence-corrected chi connectivity index (χ2v) is 3.54. The highest BCUT2D eigenvalue weighted by molar-refractivity contribution is 5.71. The largest absolute Gasteiger partial charge is 0.465 e. The monoisotopic (exact) mass is 189 g/mol. The predicted octanol–water partition coefficient (Wildman–Crippen LogP) is 0.300. The highest BCUT2D eigenvalue weighted by Crippen LogP contribution is 2.04. The number of carbonyl (C=O) groups is 1. The zero-order chi connectivity index (χ0) is 10.3. The summed E-state index contributed by atoms with van der Waals surface area (Å²) in [6.07, 6.45) is 0.617. The third kappa shape index (κ3) is 9.30. The van der Waals surface area contributed by atoms with Crippen molar-refractivity contribution in [1.29, 1.82) is 0 Å². The molecule has 2 N–H and O–H groups in total. The molecule has 4 heteroatoms. The molecule has 0 aromatic heterocycles. The molecule has 0 aliphatic heterocycles. The summed E-state index contributed by atoms with van der Waals surface area (Å²) in [4.78, 5) is 10.8. The van der Waals surface area contributed by atoms with Gasteiger partial charge < -0.3 is 15.2 Å². The number of ether oxygens (including phenoxy) is 1. The van der Waals surface area contributed by atoms with E-state index in [4.69, 9.17) is 4.74 Å². The molecule has 0 rings (SSSR count). The first-order valence-electron chi connectivity index (χ1n) is 4.54. The summed E-state index contributed by atoms with van der Waals surface area (Å²) in [7, 11) is 0. The standard InChI is InChI=1S/C9H19NO3/c1-4-13-8(11)7-10-6-5-9(2,3)12/h10,12H,4-7H2,1-3H3. The molecule has 0 aromatic carbocycles. The van der Waals surface area contributed by atoms with Crippen LogP contribution in [0.2, 0.25) is 0 Å². The minimum absolute atomic E-state index is 0.212. The Morgan fingerprint density at radius 3 is 2.62 bits per heavy atom. The number of nitrogens with one attached hydrogen (secondary N) is 1. The average Bonchev–Trinajstić information content (AvgIpc) is 1.97. The first-order chi connectivity index (χ1) is 5.95. The van der Waals surface area contributed by atoms with Crippen molar-refractivity contribution < 1.29 is 14.6 Å². The van der Waals surface area contributed by atoms with Crippen molar-refractivity contribution in [2.24, 2.45) is 0 Å². The Hall–Kier alpha value is -0.610. The van der Waals surface area contributed by atoms with E-state index in [1.165, 1.54) is 0 Å². The van der Waals surface area contributed by atoms with Crippen LogP contribution >= 0.6 is 0 Å². The molecule has 0 aromatic rings. The Morgan fingerprint density at radius 1 is 1.54 bits per heavy atom. The molecule has 78 valence electrons. The summed E-state index contributed by atoms with van der Waals surface area (Å²) in [5.74, 6) is -0.252. The topological polar surface area (TPSA) is 58.6 Å². The van der Waals surface area contributed by atoms with Crippen LogP contribution in [0, 0.1) is 0 Å². The first kappa shape index (κ1) is 12.4. The third-order valence-electron chi connectivity index (χ3n) is 1.49. The zero-order valence-electron chi connectivity index (χ0n) is 8.59. The van der Waals surface area contributed by atoms with Gasteiger partial charge in [-0.2, -0.15) is 0 Å². The number of carbonyl (C=O) groups excluding carboxylic acids is 1. The molecule has 0 saturated carbocycles. The van der Waals surface area contributed by atoms with E-state index in [2.05, 4.69) is 5.32 Å². The van der Waals surface area contributed by atoms with E-state index < -0.39 is 5.60 Å². The number of hydrogen-bond acceptors (Lipinski definition) is 4. The molecule has 0 aliphatic rings. The minimum Gasteiger partial charge on any atom is -0.465 e. The Morgan fingerprint density at radius 2 is 2.15 bits per heavy atom. The van der Waals surface area contributed by atoms with E-state index in [0.717, 1.165) is 0 Å². The second kappa shape index (κ2) is 5.94. The van der Waals surface area contributed by atoms with Crippen LogP contribution in [0.4, 0.5) is 0 Å². The minimum atomic E-state index is -0.679. The van der Waals surface area contributed by atoms with Gasteiger partial charge in [0.2, 0.25) is 0 Å². The molecule has 0 saturated heterocycles. The van der Waals surface area contributed by atoms with E-state index in [0.29, 0.717) is 19.6 Å². The van der Waals surface area contributed by atoms with Gasteiger partial charge in [-0.25, -0.2) is 0 Å². The van der Waals surface area contributed by atoms with Crippen LogP contribution in [0.3, 0.4) is 0 Å². The summed E-state index contributed by atoms with van der Waals surface area (Å²) in [6, 6.07) is 0. The predicted molar refractivity (Wildman–Crippen MR) is 50.4 cm³/mol. The fourth-order valence-electron chi connectivity index (χ4n) is 0.797. The van der Waals surface area contributed by atoms with E-state index in [1.54, 1.807) is 20.8 Å². The van der Waals surface area contributed by atoms with Crippen LogP contribution in [0.5, 0.6) is 0 Å². The second-order valence-electron chi connectivity index (χ2n) is 3.54. The zero-order valence-corrected chi connectivity index (χ0v) is 8.59. The molecule has 0 spiro atoms. The van der Waals surface area contributed by atoms with Gasteiger partial charge in [0, 0.05) is 0 Å². The van der Waals surface area contributed by atoms with Gasteiger partial charge in [0.1, 0.15) is 0 Å². The van der Waals surface area contributed by atoms with Crippen molar-refractivity contribution in [3.63, 3.8) is 0 Å². The van der Waals surface area contributed by atoms with Crippen molar-refractivity contribution in [2.45, 2.75) is 32.8 Å². The number of aliphatic hydroxyl groups is 1. The summed E-state index contributed by atoms with van der Waals surface area (Å²) in [5.41, 5.74) is -0.679. The van der Waals surface area contributed by atoms with Crippen LogP contribution in [-0.4, -0.2) is 36.4 Å². The van der Waals surface area contributed by atoms with E-state index in [-0.39, 0.29) is 12.5 Å². The van der Waals surface area contributed by atoms with E-state index in [1.807, 2.05) is 0 Å². The maximum atomic E-state index is 10.8.